The molecule has 1 N–H and O–H groups in total. The summed E-state index contributed by atoms with van der Waals surface area (Å²) in [5.41, 5.74) is 2.57. The van der Waals surface area contributed by atoms with Gasteiger partial charge in [-0.05, 0) is 26.0 Å². The van der Waals surface area contributed by atoms with E-state index in [-0.39, 0.29) is 6.10 Å². The number of ether oxygens (including phenoxy) is 1. The number of fused-ring (bicyclic) bond motifs is 1. The molecule has 1 aromatic rings. The van der Waals surface area contributed by atoms with E-state index >= 15 is 0 Å². The summed E-state index contributed by atoms with van der Waals surface area (Å²) in [6, 6.07) is 6.22. The van der Waals surface area contributed by atoms with E-state index in [9.17, 15) is 0 Å². The van der Waals surface area contributed by atoms with Crippen molar-refractivity contribution in [2.24, 2.45) is 0 Å². The lowest BCUT2D eigenvalue weighted by Crippen LogP contribution is -2.07. The minimum Gasteiger partial charge on any atom is -0.491 e. The molecule has 1 aromatic carbocycles. The SMILES string of the molecule is CC(C)Oc1cccc2c1C(C)CN2. The topological polar surface area (TPSA) is 21.3 Å². The first kappa shape index (κ1) is 9.38. The monoisotopic (exact) mass is 191 g/mol. The van der Waals surface area contributed by atoms with Gasteiger partial charge in [0.1, 0.15) is 5.75 Å². The fourth-order valence-corrected chi connectivity index (χ4v) is 1.93. The van der Waals surface area contributed by atoms with Crippen molar-refractivity contribution in [3.8, 4) is 5.75 Å². The highest BCUT2D eigenvalue weighted by atomic mass is 16.5. The van der Waals surface area contributed by atoms with E-state index in [1.54, 1.807) is 0 Å². The van der Waals surface area contributed by atoms with Crippen LogP contribution in [0.5, 0.6) is 5.75 Å². The van der Waals surface area contributed by atoms with E-state index in [2.05, 4.69) is 38.2 Å². The third-order valence-electron chi connectivity index (χ3n) is 2.52. The van der Waals surface area contributed by atoms with E-state index in [0.29, 0.717) is 5.92 Å². The molecule has 0 radical (unpaired) electrons. The van der Waals surface area contributed by atoms with E-state index in [1.165, 1.54) is 11.3 Å². The minimum absolute atomic E-state index is 0.245. The van der Waals surface area contributed by atoms with Crippen LogP contribution in [0.1, 0.15) is 32.3 Å². The second kappa shape index (κ2) is 3.52. The first-order chi connectivity index (χ1) is 6.68. The number of nitrogens with one attached hydrogen (secondary N) is 1. The van der Waals surface area contributed by atoms with Crippen LogP contribution in [0, 0.1) is 0 Å². The molecule has 0 spiro atoms. The Morgan fingerprint density at radius 1 is 1.43 bits per heavy atom. The summed E-state index contributed by atoms with van der Waals surface area (Å²) in [5.74, 6) is 1.59. The van der Waals surface area contributed by atoms with Gasteiger partial charge in [-0.2, -0.15) is 0 Å². The number of rotatable bonds is 2. The predicted octanol–water partition coefficient (Wildman–Crippen LogP) is 3.00. The summed E-state index contributed by atoms with van der Waals surface area (Å²) in [6.07, 6.45) is 0.245. The average molecular weight is 191 g/mol. The summed E-state index contributed by atoms with van der Waals surface area (Å²) in [7, 11) is 0. The van der Waals surface area contributed by atoms with Crippen molar-refractivity contribution in [1.29, 1.82) is 0 Å². The molecule has 0 saturated heterocycles. The van der Waals surface area contributed by atoms with E-state index in [1.807, 2.05) is 6.07 Å². The molecule has 76 valence electrons. The van der Waals surface area contributed by atoms with Crippen molar-refractivity contribution in [2.75, 3.05) is 11.9 Å². The standard InChI is InChI=1S/C12H17NO/c1-8(2)14-11-6-4-5-10-12(11)9(3)7-13-10/h4-6,8-9,13H,7H2,1-3H3. The summed E-state index contributed by atoms with van der Waals surface area (Å²) >= 11 is 0. The largest absolute Gasteiger partial charge is 0.491 e. The van der Waals surface area contributed by atoms with E-state index in [4.69, 9.17) is 4.74 Å². The van der Waals surface area contributed by atoms with Gasteiger partial charge in [0, 0.05) is 23.7 Å². The number of hydrogen-bond donors (Lipinski definition) is 1. The number of benzene rings is 1. The van der Waals surface area contributed by atoms with Gasteiger partial charge in [0.25, 0.3) is 0 Å². The fourth-order valence-electron chi connectivity index (χ4n) is 1.93. The molecular weight excluding hydrogens is 174 g/mol. The van der Waals surface area contributed by atoms with Crippen LogP contribution in [0.2, 0.25) is 0 Å². The highest BCUT2D eigenvalue weighted by Gasteiger charge is 2.22. The van der Waals surface area contributed by atoms with Gasteiger partial charge in [-0.1, -0.05) is 13.0 Å². The molecule has 0 aliphatic carbocycles. The van der Waals surface area contributed by atoms with Crippen LogP contribution in [0.3, 0.4) is 0 Å². The molecule has 2 heteroatoms. The summed E-state index contributed by atoms with van der Waals surface area (Å²) in [5, 5.41) is 3.38. The smallest absolute Gasteiger partial charge is 0.125 e. The Labute approximate surface area is 85.3 Å². The molecule has 0 bridgehead atoms. The zero-order chi connectivity index (χ0) is 10.1. The molecule has 1 aliphatic heterocycles. The maximum Gasteiger partial charge on any atom is 0.125 e. The van der Waals surface area contributed by atoms with Gasteiger partial charge in [0.2, 0.25) is 0 Å². The van der Waals surface area contributed by atoms with Gasteiger partial charge in [-0.25, -0.2) is 0 Å². The van der Waals surface area contributed by atoms with Gasteiger partial charge >= 0.3 is 0 Å². The van der Waals surface area contributed by atoms with E-state index in [0.717, 1.165) is 12.3 Å². The Bertz CT molecular complexity index is 333. The Morgan fingerprint density at radius 2 is 2.21 bits per heavy atom. The number of hydrogen-bond acceptors (Lipinski definition) is 2. The Morgan fingerprint density at radius 3 is 2.93 bits per heavy atom. The lowest BCUT2D eigenvalue weighted by Gasteiger charge is -2.14. The highest BCUT2D eigenvalue weighted by molar-refractivity contribution is 5.63. The highest BCUT2D eigenvalue weighted by Crippen LogP contribution is 2.38. The van der Waals surface area contributed by atoms with Crippen molar-refractivity contribution < 1.29 is 4.74 Å². The van der Waals surface area contributed by atoms with Crippen molar-refractivity contribution in [1.82, 2.24) is 0 Å². The molecule has 0 aromatic heterocycles. The fraction of sp³-hybridized carbons (Fsp3) is 0.500. The quantitative estimate of drug-likeness (QED) is 0.776. The summed E-state index contributed by atoms with van der Waals surface area (Å²) < 4.78 is 5.79. The van der Waals surface area contributed by atoms with Crippen LogP contribution in [0.25, 0.3) is 0 Å². The molecule has 0 saturated carbocycles. The van der Waals surface area contributed by atoms with Crippen molar-refractivity contribution in [2.45, 2.75) is 32.8 Å². The van der Waals surface area contributed by atoms with Crippen molar-refractivity contribution in [3.05, 3.63) is 23.8 Å². The predicted molar refractivity (Wildman–Crippen MR) is 59.1 cm³/mol. The Balaban J connectivity index is 2.36. The van der Waals surface area contributed by atoms with Crippen molar-refractivity contribution in [3.63, 3.8) is 0 Å². The Hall–Kier alpha value is -1.18. The lowest BCUT2D eigenvalue weighted by molar-refractivity contribution is 0.240. The first-order valence-electron chi connectivity index (χ1n) is 5.22. The van der Waals surface area contributed by atoms with Crippen molar-refractivity contribution >= 4 is 5.69 Å². The maximum atomic E-state index is 5.79. The minimum atomic E-state index is 0.245. The molecule has 14 heavy (non-hydrogen) atoms. The molecule has 2 nitrogen and oxygen atoms in total. The third kappa shape index (κ3) is 1.57. The zero-order valence-electron chi connectivity index (χ0n) is 9.00. The Kier molecular flexibility index (Phi) is 2.36. The van der Waals surface area contributed by atoms with E-state index < -0.39 is 0 Å². The van der Waals surface area contributed by atoms with Gasteiger partial charge in [0.05, 0.1) is 6.10 Å². The van der Waals surface area contributed by atoms with Crippen LogP contribution >= 0.6 is 0 Å². The zero-order valence-corrected chi connectivity index (χ0v) is 9.00. The lowest BCUT2D eigenvalue weighted by atomic mass is 10.0. The second-order valence-corrected chi connectivity index (χ2v) is 4.17. The summed E-state index contributed by atoms with van der Waals surface area (Å²) in [4.78, 5) is 0. The second-order valence-electron chi connectivity index (χ2n) is 4.17. The van der Waals surface area contributed by atoms with Crippen LogP contribution in [-0.2, 0) is 0 Å². The van der Waals surface area contributed by atoms with Crippen LogP contribution in [-0.4, -0.2) is 12.6 Å². The normalized spacial score (nSPS) is 19.3. The molecule has 1 unspecified atom stereocenters. The van der Waals surface area contributed by atoms with Gasteiger partial charge < -0.3 is 10.1 Å². The molecule has 1 heterocycles. The first-order valence-corrected chi connectivity index (χ1v) is 5.22. The molecule has 2 rings (SSSR count). The van der Waals surface area contributed by atoms with Crippen LogP contribution in [0.4, 0.5) is 5.69 Å². The van der Waals surface area contributed by atoms with Crippen LogP contribution < -0.4 is 10.1 Å². The maximum absolute atomic E-state index is 5.79. The average Bonchev–Trinajstić information content (AvgIpc) is 2.48. The molecule has 1 aliphatic rings. The summed E-state index contributed by atoms with van der Waals surface area (Å²) in [6.45, 7) is 7.37. The number of anilines is 1. The third-order valence-corrected chi connectivity index (χ3v) is 2.52. The van der Waals surface area contributed by atoms with Gasteiger partial charge in [-0.3, -0.25) is 0 Å². The van der Waals surface area contributed by atoms with Gasteiger partial charge in [0.15, 0.2) is 0 Å². The van der Waals surface area contributed by atoms with Crippen LogP contribution in [0.15, 0.2) is 18.2 Å². The molecule has 0 fully saturated rings. The molecule has 1 atom stereocenters. The molecule has 0 amide bonds. The van der Waals surface area contributed by atoms with Gasteiger partial charge in [-0.15, -0.1) is 0 Å². The molecular formula is C12H17NO.